The van der Waals surface area contributed by atoms with Crippen LogP contribution in [-0.2, 0) is 6.61 Å². The molecule has 1 saturated heterocycles. The Morgan fingerprint density at radius 1 is 0.927 bits per heavy atom. The number of aromatic nitrogens is 6. The summed E-state index contributed by atoms with van der Waals surface area (Å²) < 4.78 is 16.6. The van der Waals surface area contributed by atoms with Crippen LogP contribution in [0.15, 0.2) is 46.0 Å². The van der Waals surface area contributed by atoms with Crippen LogP contribution in [0.25, 0.3) is 29.6 Å². The fourth-order valence-electron chi connectivity index (χ4n) is 4.65. The maximum absolute atomic E-state index is 13.0. The van der Waals surface area contributed by atoms with Gasteiger partial charge in [-0.2, -0.15) is 0 Å². The van der Waals surface area contributed by atoms with Gasteiger partial charge in [0.15, 0.2) is 0 Å². The molecule has 5 heterocycles. The molecule has 4 aromatic heterocycles. The number of hydrogen-bond donors (Lipinski definition) is 1. The van der Waals surface area contributed by atoms with Crippen LogP contribution >= 0.6 is 22.7 Å². The predicted molar refractivity (Wildman–Crippen MR) is 158 cm³/mol. The number of aliphatic hydroxyl groups is 1. The third kappa shape index (κ3) is 4.99. The van der Waals surface area contributed by atoms with Gasteiger partial charge in [0.05, 0.1) is 0 Å². The average molecular weight is 722 g/mol. The minimum absolute atomic E-state index is 0.0949. The van der Waals surface area contributed by atoms with Gasteiger partial charge in [0.25, 0.3) is 0 Å². The number of ether oxygens (including phenoxy) is 2. The van der Waals surface area contributed by atoms with E-state index in [2.05, 4.69) is 25.3 Å². The van der Waals surface area contributed by atoms with Gasteiger partial charge in [-0.1, -0.05) is 0 Å². The first kappa shape index (κ1) is 26.8. The van der Waals surface area contributed by atoms with Gasteiger partial charge in [-0.3, -0.25) is 0 Å². The van der Waals surface area contributed by atoms with Gasteiger partial charge in [0, 0.05) is 0 Å². The normalized spacial score (nSPS) is 15.4. The standard InChI is InChI=1S/C25H21N7O5S2Se2/c1-36-15-3-5-19-17(9-15)21(35)32(41-19)24-28-29-25(39-24)37-12-14-6-7-30(10-14)22-26-27-23(38-22)31-20(34)16-8-13(11-33)2-4-18(16)40-31/h2-5,8-9,14,33H,6-7,10-12H2,1H3/t14-/m1/s1. The van der Waals surface area contributed by atoms with Crippen molar-refractivity contribution < 1.29 is 14.6 Å². The molecule has 6 aromatic rings. The molecule has 1 fully saturated rings. The van der Waals surface area contributed by atoms with Gasteiger partial charge in [0.2, 0.25) is 0 Å². The van der Waals surface area contributed by atoms with Crippen molar-refractivity contribution in [1.82, 2.24) is 27.5 Å². The van der Waals surface area contributed by atoms with Crippen LogP contribution in [0.5, 0.6) is 10.9 Å². The molecule has 0 amide bonds. The third-order valence-electron chi connectivity index (χ3n) is 6.77. The molecule has 1 atom stereocenters. The first-order chi connectivity index (χ1) is 20.0. The van der Waals surface area contributed by atoms with Crippen molar-refractivity contribution in [3.8, 4) is 21.2 Å². The van der Waals surface area contributed by atoms with Gasteiger partial charge in [-0.25, -0.2) is 0 Å². The molecule has 1 aliphatic rings. The first-order valence-corrected chi connectivity index (χ1v) is 17.4. The van der Waals surface area contributed by atoms with Crippen LogP contribution < -0.4 is 25.5 Å². The summed E-state index contributed by atoms with van der Waals surface area (Å²) in [5.74, 6) is 0.919. The van der Waals surface area contributed by atoms with Crippen molar-refractivity contribution >= 4 is 76.6 Å². The van der Waals surface area contributed by atoms with Crippen molar-refractivity contribution in [2.45, 2.75) is 13.0 Å². The van der Waals surface area contributed by atoms with E-state index >= 15 is 0 Å². The molecule has 41 heavy (non-hydrogen) atoms. The van der Waals surface area contributed by atoms with E-state index in [1.165, 1.54) is 22.7 Å². The summed E-state index contributed by atoms with van der Waals surface area (Å²) >= 11 is 2.26. The number of hydrogen-bond acceptors (Lipinski definition) is 12. The summed E-state index contributed by atoms with van der Waals surface area (Å²) in [4.78, 5) is 28.1. The summed E-state index contributed by atoms with van der Waals surface area (Å²) in [6, 6.07) is 11.1. The van der Waals surface area contributed by atoms with E-state index < -0.39 is 0 Å². The molecule has 1 aliphatic heterocycles. The van der Waals surface area contributed by atoms with Crippen LogP contribution in [0.4, 0.5) is 5.13 Å². The number of benzene rings is 2. The van der Waals surface area contributed by atoms with Crippen molar-refractivity contribution in [3.05, 3.63) is 62.7 Å². The third-order valence-corrected chi connectivity index (χ3v) is 13.6. The monoisotopic (exact) mass is 723 g/mol. The molecule has 0 radical (unpaired) electrons. The van der Waals surface area contributed by atoms with Crippen LogP contribution in [-0.4, -0.2) is 88.9 Å². The maximum atomic E-state index is 13.0. The summed E-state index contributed by atoms with van der Waals surface area (Å²) in [7, 11) is 1.58. The Balaban J connectivity index is 1.00. The Labute approximate surface area is 252 Å². The summed E-state index contributed by atoms with van der Waals surface area (Å²) in [5, 5.41) is 30.1. The van der Waals surface area contributed by atoms with E-state index in [0.29, 0.717) is 38.6 Å². The molecule has 0 aliphatic carbocycles. The molecule has 0 bridgehead atoms. The Hall–Kier alpha value is -3.10. The molecular weight excluding hydrogens is 700 g/mol. The fraction of sp³-hybridized carbons (Fsp3) is 0.280. The van der Waals surface area contributed by atoms with E-state index in [4.69, 9.17) is 9.47 Å². The topological polar surface area (TPSA) is 137 Å². The Morgan fingerprint density at radius 3 is 2.37 bits per heavy atom. The van der Waals surface area contributed by atoms with Gasteiger partial charge in [-0.15, -0.1) is 0 Å². The quantitative estimate of drug-likeness (QED) is 0.231. The Morgan fingerprint density at radius 2 is 1.61 bits per heavy atom. The SMILES string of the molecule is COc1ccc2[se]n(-c3nnc(OC[C@@H]4CCN(c5nnc(-n6[se]c7ccc(CO)cc7c6=O)s5)C4)s3)c(=O)c2c1. The van der Waals surface area contributed by atoms with Crippen molar-refractivity contribution in [2.24, 2.45) is 5.92 Å². The number of fused-ring (bicyclic) bond motifs is 2. The number of aliphatic hydroxyl groups excluding tert-OH is 1. The zero-order valence-corrected chi connectivity index (χ0v) is 26.5. The van der Waals surface area contributed by atoms with E-state index in [9.17, 15) is 14.7 Å². The molecule has 7 rings (SSSR count). The van der Waals surface area contributed by atoms with E-state index in [1.54, 1.807) is 26.4 Å². The summed E-state index contributed by atoms with van der Waals surface area (Å²) in [5.41, 5.74) is 0.530. The van der Waals surface area contributed by atoms with Crippen molar-refractivity contribution in [1.29, 1.82) is 0 Å². The Kier molecular flexibility index (Phi) is 7.15. The van der Waals surface area contributed by atoms with E-state index in [-0.39, 0.29) is 53.1 Å². The molecule has 0 unspecified atom stereocenters. The number of methoxy groups -OCH3 is 1. The van der Waals surface area contributed by atoms with Crippen LogP contribution in [0, 0.1) is 5.92 Å². The molecule has 210 valence electrons. The molecule has 1 N–H and O–H groups in total. The second-order valence-corrected chi connectivity index (χ2v) is 15.4. The zero-order valence-electron chi connectivity index (χ0n) is 21.4. The van der Waals surface area contributed by atoms with Crippen molar-refractivity contribution in [2.75, 3.05) is 31.7 Å². The molecular formula is C25H21N7O5S2Se2. The molecule has 0 spiro atoms. The molecule has 16 heteroatoms. The fourth-order valence-corrected chi connectivity index (χ4v) is 10.5. The van der Waals surface area contributed by atoms with E-state index in [0.717, 1.165) is 38.7 Å². The summed E-state index contributed by atoms with van der Waals surface area (Å²) in [6.07, 6.45) is 0.924. The second kappa shape index (κ2) is 11.0. The average Bonchev–Trinajstić information content (AvgIpc) is 3.83. The van der Waals surface area contributed by atoms with Gasteiger partial charge in [-0.05, 0) is 0 Å². The zero-order chi connectivity index (χ0) is 28.1. The van der Waals surface area contributed by atoms with Crippen LogP contribution in [0.2, 0.25) is 0 Å². The van der Waals surface area contributed by atoms with Crippen LogP contribution in [0.3, 0.4) is 0 Å². The van der Waals surface area contributed by atoms with Crippen molar-refractivity contribution in [3.63, 3.8) is 0 Å². The van der Waals surface area contributed by atoms with E-state index in [1.807, 2.05) is 24.3 Å². The number of nitrogens with zero attached hydrogens (tertiary/aromatic N) is 7. The minimum atomic E-state index is -0.214. The van der Waals surface area contributed by atoms with Crippen LogP contribution in [0.1, 0.15) is 12.0 Å². The first-order valence-electron chi connectivity index (χ1n) is 12.5. The van der Waals surface area contributed by atoms with Gasteiger partial charge < -0.3 is 0 Å². The summed E-state index contributed by atoms with van der Waals surface area (Å²) in [6.45, 7) is 1.95. The number of rotatable bonds is 8. The molecule has 0 saturated carbocycles. The predicted octanol–water partition coefficient (Wildman–Crippen LogP) is 1.52. The Bertz CT molecular complexity index is 2010. The van der Waals surface area contributed by atoms with Gasteiger partial charge >= 0.3 is 253 Å². The van der Waals surface area contributed by atoms with Gasteiger partial charge in [0.1, 0.15) is 0 Å². The molecule has 2 aromatic carbocycles. The molecule has 12 nitrogen and oxygen atoms in total. The second-order valence-electron chi connectivity index (χ2n) is 9.36. The number of anilines is 1.